The third-order valence-electron chi connectivity index (χ3n) is 2.67. The number of benzene rings is 1. The van der Waals surface area contributed by atoms with Crippen LogP contribution in [0.1, 0.15) is 24.4 Å². The molecule has 0 radical (unpaired) electrons. The van der Waals surface area contributed by atoms with Gasteiger partial charge >= 0.3 is 0 Å². The molecule has 0 aliphatic heterocycles. The van der Waals surface area contributed by atoms with Gasteiger partial charge in [-0.1, -0.05) is 12.1 Å². The lowest BCUT2D eigenvalue weighted by atomic mass is 10.0. The third kappa shape index (κ3) is 3.64. The van der Waals surface area contributed by atoms with Crippen LogP contribution in [0.25, 0.3) is 0 Å². The molecule has 0 bridgehead atoms. The largest absolute Gasteiger partial charge is 0.303 e. The molecule has 0 spiro atoms. The van der Waals surface area contributed by atoms with Crippen LogP contribution in [0.15, 0.2) is 24.3 Å². The van der Waals surface area contributed by atoms with Gasteiger partial charge in [-0.25, -0.2) is 0 Å². The lowest BCUT2D eigenvalue weighted by Crippen LogP contribution is -2.20. The molecule has 0 saturated heterocycles. The average Bonchev–Trinajstić information content (AvgIpc) is 2.29. The Balaban J connectivity index is 2.87. The van der Waals surface area contributed by atoms with Gasteiger partial charge in [0.15, 0.2) is 0 Å². The molecule has 0 heterocycles. The monoisotopic (exact) mass is 236 g/mol. The molecule has 5 heteroatoms. The predicted molar refractivity (Wildman–Crippen MR) is 64.8 cm³/mol. The van der Waals surface area contributed by atoms with Crippen LogP contribution in [0.2, 0.25) is 0 Å². The first-order chi connectivity index (χ1) is 8.06. The quantitative estimate of drug-likeness (QED) is 0.431. The Morgan fingerprint density at radius 3 is 2.35 bits per heavy atom. The predicted octanol–water partition coefficient (Wildman–Crippen LogP) is 2.18. The molecular formula is C12H16N2O3. The molecule has 17 heavy (non-hydrogen) atoms. The Morgan fingerprint density at radius 1 is 1.35 bits per heavy atom. The fourth-order valence-electron chi connectivity index (χ4n) is 1.77. The number of nitrogens with zero attached hydrogens (tertiary/aromatic N) is 2. The van der Waals surface area contributed by atoms with E-state index in [9.17, 15) is 14.9 Å². The van der Waals surface area contributed by atoms with Crippen molar-refractivity contribution in [1.82, 2.24) is 4.90 Å². The Morgan fingerprint density at radius 2 is 1.94 bits per heavy atom. The minimum atomic E-state index is -0.417. The maximum absolute atomic E-state index is 10.5. The highest BCUT2D eigenvalue weighted by Crippen LogP contribution is 2.24. The highest BCUT2D eigenvalue weighted by atomic mass is 16.6. The second kappa shape index (κ2) is 6.10. The van der Waals surface area contributed by atoms with Gasteiger partial charge in [-0.15, -0.1) is 0 Å². The van der Waals surface area contributed by atoms with Crippen molar-refractivity contribution >= 4 is 12.0 Å². The summed E-state index contributed by atoms with van der Waals surface area (Å²) in [5.41, 5.74) is 1.07. The van der Waals surface area contributed by atoms with E-state index < -0.39 is 4.92 Å². The number of carbonyl (C=O) groups is 1. The summed E-state index contributed by atoms with van der Waals surface area (Å²) in [6.07, 6.45) is 2.09. The summed E-state index contributed by atoms with van der Waals surface area (Å²) in [4.78, 5) is 22.5. The summed E-state index contributed by atoms with van der Waals surface area (Å²) in [7, 11) is 3.85. The van der Waals surface area contributed by atoms with Gasteiger partial charge in [0, 0.05) is 24.6 Å². The molecule has 0 amide bonds. The SMILES string of the molecule is CN(C)C(CCC=O)c1ccc([N+](=O)[O-])cc1. The normalized spacial score (nSPS) is 12.4. The molecule has 1 unspecified atom stereocenters. The van der Waals surface area contributed by atoms with Crippen molar-refractivity contribution in [2.75, 3.05) is 14.1 Å². The van der Waals surface area contributed by atoms with Crippen molar-refractivity contribution in [1.29, 1.82) is 0 Å². The molecule has 0 fully saturated rings. The van der Waals surface area contributed by atoms with Crippen molar-refractivity contribution in [3.05, 3.63) is 39.9 Å². The number of hydrogen-bond acceptors (Lipinski definition) is 4. The van der Waals surface area contributed by atoms with Gasteiger partial charge in [0.1, 0.15) is 6.29 Å². The van der Waals surface area contributed by atoms with Crippen LogP contribution < -0.4 is 0 Å². The Kier molecular flexibility index (Phi) is 4.78. The van der Waals surface area contributed by atoms with E-state index in [2.05, 4.69) is 0 Å². The number of nitro groups is 1. The summed E-state index contributed by atoms with van der Waals surface area (Å²) in [6, 6.07) is 6.58. The maximum Gasteiger partial charge on any atom is 0.269 e. The van der Waals surface area contributed by atoms with Gasteiger partial charge in [-0.05, 0) is 26.1 Å². The van der Waals surface area contributed by atoms with Crippen molar-refractivity contribution in [3.8, 4) is 0 Å². The number of aldehydes is 1. The van der Waals surface area contributed by atoms with E-state index in [1.54, 1.807) is 12.1 Å². The van der Waals surface area contributed by atoms with Crippen LogP contribution in [0.4, 0.5) is 5.69 Å². The van der Waals surface area contributed by atoms with Gasteiger partial charge in [0.05, 0.1) is 4.92 Å². The maximum atomic E-state index is 10.5. The molecule has 0 N–H and O–H groups in total. The lowest BCUT2D eigenvalue weighted by Gasteiger charge is -2.23. The molecular weight excluding hydrogens is 220 g/mol. The molecule has 1 aromatic rings. The van der Waals surface area contributed by atoms with E-state index in [1.807, 2.05) is 19.0 Å². The third-order valence-corrected chi connectivity index (χ3v) is 2.67. The van der Waals surface area contributed by atoms with E-state index in [-0.39, 0.29) is 11.7 Å². The van der Waals surface area contributed by atoms with E-state index in [4.69, 9.17) is 0 Å². The zero-order valence-corrected chi connectivity index (χ0v) is 10.00. The van der Waals surface area contributed by atoms with Crippen molar-refractivity contribution in [3.63, 3.8) is 0 Å². The number of rotatable bonds is 6. The summed E-state index contributed by atoms with van der Waals surface area (Å²) in [6.45, 7) is 0. The summed E-state index contributed by atoms with van der Waals surface area (Å²) in [5.74, 6) is 0. The second-order valence-electron chi connectivity index (χ2n) is 4.07. The second-order valence-corrected chi connectivity index (χ2v) is 4.07. The van der Waals surface area contributed by atoms with Crippen LogP contribution in [-0.4, -0.2) is 30.2 Å². The Hall–Kier alpha value is -1.75. The Labute approximate surface area is 100 Å². The topological polar surface area (TPSA) is 63.5 Å². The molecule has 0 aliphatic rings. The standard InChI is InChI=1S/C12H16N2O3/c1-13(2)12(4-3-9-15)10-5-7-11(8-6-10)14(16)17/h5-9,12H,3-4H2,1-2H3. The van der Waals surface area contributed by atoms with Gasteiger partial charge in [0.25, 0.3) is 5.69 Å². The summed E-state index contributed by atoms with van der Waals surface area (Å²) in [5, 5.41) is 10.5. The fraction of sp³-hybridized carbons (Fsp3) is 0.417. The average molecular weight is 236 g/mol. The molecule has 1 aromatic carbocycles. The molecule has 0 aliphatic carbocycles. The summed E-state index contributed by atoms with van der Waals surface area (Å²) < 4.78 is 0. The molecule has 1 rings (SSSR count). The number of hydrogen-bond donors (Lipinski definition) is 0. The van der Waals surface area contributed by atoms with E-state index in [0.717, 1.165) is 11.8 Å². The molecule has 92 valence electrons. The van der Waals surface area contributed by atoms with Gasteiger partial charge in [0.2, 0.25) is 0 Å². The van der Waals surface area contributed by atoms with Crippen LogP contribution >= 0.6 is 0 Å². The molecule has 0 aromatic heterocycles. The smallest absolute Gasteiger partial charge is 0.269 e. The first kappa shape index (κ1) is 13.3. The van der Waals surface area contributed by atoms with Crippen molar-refractivity contribution < 1.29 is 9.72 Å². The van der Waals surface area contributed by atoms with Crippen molar-refractivity contribution in [2.24, 2.45) is 0 Å². The van der Waals surface area contributed by atoms with Crippen LogP contribution in [-0.2, 0) is 4.79 Å². The minimum Gasteiger partial charge on any atom is -0.303 e. The van der Waals surface area contributed by atoms with Gasteiger partial charge < -0.3 is 9.69 Å². The van der Waals surface area contributed by atoms with Crippen LogP contribution in [0.3, 0.4) is 0 Å². The van der Waals surface area contributed by atoms with Crippen molar-refractivity contribution in [2.45, 2.75) is 18.9 Å². The van der Waals surface area contributed by atoms with Crippen LogP contribution in [0.5, 0.6) is 0 Å². The van der Waals surface area contributed by atoms with E-state index in [1.165, 1.54) is 12.1 Å². The molecule has 0 saturated carbocycles. The number of non-ortho nitro benzene ring substituents is 1. The van der Waals surface area contributed by atoms with Crippen LogP contribution in [0, 0.1) is 10.1 Å². The van der Waals surface area contributed by atoms with Gasteiger partial charge in [-0.3, -0.25) is 10.1 Å². The fourth-order valence-corrected chi connectivity index (χ4v) is 1.77. The van der Waals surface area contributed by atoms with E-state index in [0.29, 0.717) is 12.8 Å². The first-order valence-corrected chi connectivity index (χ1v) is 5.40. The van der Waals surface area contributed by atoms with E-state index >= 15 is 0 Å². The molecule has 1 atom stereocenters. The zero-order chi connectivity index (χ0) is 12.8. The summed E-state index contributed by atoms with van der Waals surface area (Å²) >= 11 is 0. The lowest BCUT2D eigenvalue weighted by molar-refractivity contribution is -0.384. The zero-order valence-electron chi connectivity index (χ0n) is 10.00. The highest BCUT2D eigenvalue weighted by molar-refractivity contribution is 5.49. The first-order valence-electron chi connectivity index (χ1n) is 5.40. The highest BCUT2D eigenvalue weighted by Gasteiger charge is 2.14. The Bertz CT molecular complexity index is 387. The number of carbonyl (C=O) groups excluding carboxylic acids is 1. The minimum absolute atomic E-state index is 0.0849. The van der Waals surface area contributed by atoms with Gasteiger partial charge in [-0.2, -0.15) is 0 Å². The number of nitro benzene ring substituents is 1. The molecule has 5 nitrogen and oxygen atoms in total.